The normalized spacial score (nSPS) is 10.2. The van der Waals surface area contributed by atoms with Crippen molar-refractivity contribution in [2.45, 2.75) is 26.3 Å². The van der Waals surface area contributed by atoms with Gasteiger partial charge in [0.15, 0.2) is 0 Å². The number of hydrogen-bond acceptors (Lipinski definition) is 5. The van der Waals surface area contributed by atoms with Crippen LogP contribution in [0.15, 0.2) is 28.7 Å². The van der Waals surface area contributed by atoms with Crippen LogP contribution in [0.1, 0.15) is 19.4 Å². The first-order valence-corrected chi connectivity index (χ1v) is 7.64. The Morgan fingerprint density at radius 1 is 1.05 bits per heavy atom. The van der Waals surface area contributed by atoms with Gasteiger partial charge in [0.2, 0.25) is 11.9 Å². The molecule has 0 aromatic heterocycles. The van der Waals surface area contributed by atoms with Gasteiger partial charge >= 0.3 is 11.9 Å². The van der Waals surface area contributed by atoms with Crippen molar-refractivity contribution in [2.75, 3.05) is 13.2 Å². The van der Waals surface area contributed by atoms with Crippen LogP contribution >= 0.6 is 15.9 Å². The van der Waals surface area contributed by atoms with Crippen LogP contribution in [0.2, 0.25) is 0 Å². The molecular formula is C15H18BrNO5. The van der Waals surface area contributed by atoms with Crippen LogP contribution in [0.4, 0.5) is 0 Å². The van der Waals surface area contributed by atoms with Crippen LogP contribution in [0.3, 0.4) is 0 Å². The van der Waals surface area contributed by atoms with E-state index in [4.69, 9.17) is 9.47 Å². The summed E-state index contributed by atoms with van der Waals surface area (Å²) in [4.78, 5) is 35.5. The molecule has 0 heterocycles. The third-order valence-electron chi connectivity index (χ3n) is 2.63. The fraction of sp³-hybridized carbons (Fsp3) is 0.400. The summed E-state index contributed by atoms with van der Waals surface area (Å²) in [5, 5.41) is 2.35. The lowest BCUT2D eigenvalue weighted by Crippen LogP contribution is -2.48. The zero-order chi connectivity index (χ0) is 16.5. The molecule has 1 aromatic carbocycles. The third-order valence-corrected chi connectivity index (χ3v) is 3.16. The average Bonchev–Trinajstić information content (AvgIpc) is 2.47. The number of halogens is 1. The molecule has 0 saturated carbocycles. The summed E-state index contributed by atoms with van der Waals surface area (Å²) < 4.78 is 10.5. The Bertz CT molecular complexity index is 511. The van der Waals surface area contributed by atoms with Crippen LogP contribution in [0, 0.1) is 0 Å². The highest BCUT2D eigenvalue weighted by Crippen LogP contribution is 2.11. The Kier molecular flexibility index (Phi) is 7.59. The number of ether oxygens (including phenoxy) is 2. The summed E-state index contributed by atoms with van der Waals surface area (Å²) >= 11 is 3.30. The molecule has 1 amide bonds. The summed E-state index contributed by atoms with van der Waals surface area (Å²) in [6.07, 6.45) is 0.0442. The Morgan fingerprint density at radius 2 is 1.55 bits per heavy atom. The molecule has 0 aliphatic carbocycles. The van der Waals surface area contributed by atoms with E-state index in [2.05, 4.69) is 21.2 Å². The maximum absolute atomic E-state index is 12.0. The number of nitrogens with one attached hydrogen (secondary N) is 1. The summed E-state index contributed by atoms with van der Waals surface area (Å²) in [6, 6.07) is 5.71. The SMILES string of the molecule is CCOC(=O)C(NC(=O)Cc1ccc(Br)cc1)C(=O)OCC. The highest BCUT2D eigenvalue weighted by molar-refractivity contribution is 9.10. The maximum atomic E-state index is 12.0. The van der Waals surface area contributed by atoms with Crippen molar-refractivity contribution in [1.29, 1.82) is 0 Å². The molecule has 1 rings (SSSR count). The molecule has 7 heteroatoms. The van der Waals surface area contributed by atoms with Crippen LogP contribution in [-0.2, 0) is 30.3 Å². The predicted octanol–water partition coefficient (Wildman–Crippen LogP) is 1.60. The van der Waals surface area contributed by atoms with E-state index < -0.39 is 23.9 Å². The lowest BCUT2D eigenvalue weighted by Gasteiger charge is -2.15. The molecule has 0 radical (unpaired) electrons. The van der Waals surface area contributed by atoms with Gasteiger partial charge in [-0.15, -0.1) is 0 Å². The Balaban J connectivity index is 2.71. The molecule has 0 bridgehead atoms. The van der Waals surface area contributed by atoms with Crippen LogP contribution < -0.4 is 5.32 Å². The number of benzene rings is 1. The van der Waals surface area contributed by atoms with Crippen LogP contribution in [0.25, 0.3) is 0 Å². The van der Waals surface area contributed by atoms with E-state index in [-0.39, 0.29) is 19.6 Å². The minimum Gasteiger partial charge on any atom is -0.464 e. The second-order valence-electron chi connectivity index (χ2n) is 4.31. The van der Waals surface area contributed by atoms with Crippen molar-refractivity contribution in [3.05, 3.63) is 34.3 Å². The van der Waals surface area contributed by atoms with E-state index in [1.807, 2.05) is 0 Å². The first-order valence-electron chi connectivity index (χ1n) is 6.85. The number of hydrogen-bond donors (Lipinski definition) is 1. The van der Waals surface area contributed by atoms with Gasteiger partial charge in [0.1, 0.15) is 0 Å². The lowest BCUT2D eigenvalue weighted by atomic mass is 10.1. The van der Waals surface area contributed by atoms with Gasteiger partial charge in [-0.25, -0.2) is 9.59 Å². The minimum absolute atomic E-state index is 0.0442. The van der Waals surface area contributed by atoms with E-state index >= 15 is 0 Å². The van der Waals surface area contributed by atoms with Gasteiger partial charge in [-0.3, -0.25) is 4.79 Å². The highest BCUT2D eigenvalue weighted by Gasteiger charge is 2.31. The van der Waals surface area contributed by atoms with Crippen molar-refractivity contribution in [1.82, 2.24) is 5.32 Å². The van der Waals surface area contributed by atoms with E-state index in [1.54, 1.807) is 38.1 Å². The molecule has 6 nitrogen and oxygen atoms in total. The van der Waals surface area contributed by atoms with Gasteiger partial charge in [-0.05, 0) is 31.5 Å². The fourth-order valence-corrected chi connectivity index (χ4v) is 1.93. The summed E-state index contributed by atoms with van der Waals surface area (Å²) in [5.41, 5.74) is 0.757. The number of carbonyl (C=O) groups excluding carboxylic acids is 3. The molecule has 0 aliphatic heterocycles. The van der Waals surface area contributed by atoms with E-state index in [1.165, 1.54) is 0 Å². The van der Waals surface area contributed by atoms with Crippen LogP contribution in [-0.4, -0.2) is 37.1 Å². The largest absolute Gasteiger partial charge is 0.464 e. The van der Waals surface area contributed by atoms with Gasteiger partial charge in [0.25, 0.3) is 0 Å². The van der Waals surface area contributed by atoms with Crippen molar-refractivity contribution in [2.24, 2.45) is 0 Å². The van der Waals surface area contributed by atoms with E-state index in [9.17, 15) is 14.4 Å². The monoisotopic (exact) mass is 371 g/mol. The Morgan fingerprint density at radius 3 is 2.00 bits per heavy atom. The molecule has 0 saturated heterocycles. The Labute approximate surface area is 137 Å². The number of rotatable bonds is 7. The standard InChI is InChI=1S/C15H18BrNO5/c1-3-21-14(19)13(15(20)22-4-2)17-12(18)9-10-5-7-11(16)8-6-10/h5-8,13H,3-4,9H2,1-2H3,(H,17,18). The van der Waals surface area contributed by atoms with Crippen molar-refractivity contribution >= 4 is 33.8 Å². The zero-order valence-electron chi connectivity index (χ0n) is 12.4. The molecule has 120 valence electrons. The number of esters is 2. The first kappa shape index (κ1) is 18.2. The lowest BCUT2D eigenvalue weighted by molar-refractivity contribution is -0.159. The summed E-state index contributed by atoms with van der Waals surface area (Å²) in [7, 11) is 0. The fourth-order valence-electron chi connectivity index (χ4n) is 1.66. The highest BCUT2D eigenvalue weighted by atomic mass is 79.9. The first-order chi connectivity index (χ1) is 10.5. The molecule has 1 N–H and O–H groups in total. The minimum atomic E-state index is -1.44. The second kappa shape index (κ2) is 9.19. The smallest absolute Gasteiger partial charge is 0.340 e. The number of carbonyl (C=O) groups is 3. The summed E-state index contributed by atoms with van der Waals surface area (Å²) in [6.45, 7) is 3.45. The molecule has 0 spiro atoms. The summed E-state index contributed by atoms with van der Waals surface area (Å²) in [5.74, 6) is -2.12. The zero-order valence-corrected chi connectivity index (χ0v) is 14.0. The van der Waals surface area contributed by atoms with Gasteiger partial charge in [0.05, 0.1) is 19.6 Å². The van der Waals surface area contributed by atoms with Gasteiger partial charge < -0.3 is 14.8 Å². The van der Waals surface area contributed by atoms with Gasteiger partial charge in [-0.2, -0.15) is 0 Å². The molecule has 0 fully saturated rings. The van der Waals surface area contributed by atoms with Crippen molar-refractivity contribution in [3.63, 3.8) is 0 Å². The topological polar surface area (TPSA) is 81.7 Å². The second-order valence-corrected chi connectivity index (χ2v) is 5.22. The Hall–Kier alpha value is -1.89. The van der Waals surface area contributed by atoms with Gasteiger partial charge in [-0.1, -0.05) is 28.1 Å². The third kappa shape index (κ3) is 5.85. The molecular weight excluding hydrogens is 354 g/mol. The molecule has 0 atom stereocenters. The quantitative estimate of drug-likeness (QED) is 0.581. The van der Waals surface area contributed by atoms with Crippen LogP contribution in [0.5, 0.6) is 0 Å². The number of amides is 1. The van der Waals surface area contributed by atoms with E-state index in [0.29, 0.717) is 0 Å². The molecule has 0 unspecified atom stereocenters. The van der Waals surface area contributed by atoms with Crippen molar-refractivity contribution < 1.29 is 23.9 Å². The maximum Gasteiger partial charge on any atom is 0.340 e. The molecule has 0 aliphatic rings. The molecule has 22 heavy (non-hydrogen) atoms. The molecule has 1 aromatic rings. The average molecular weight is 372 g/mol. The van der Waals surface area contributed by atoms with Crippen molar-refractivity contribution in [3.8, 4) is 0 Å². The van der Waals surface area contributed by atoms with E-state index in [0.717, 1.165) is 10.0 Å². The van der Waals surface area contributed by atoms with Gasteiger partial charge in [0, 0.05) is 4.47 Å². The predicted molar refractivity (Wildman–Crippen MR) is 83.0 cm³/mol.